The molecule has 0 aliphatic carbocycles. The highest BCUT2D eigenvalue weighted by Crippen LogP contribution is 2.24. The molecule has 1 rings (SSSR count). The number of nitrogen functional groups attached to an aromatic ring is 1. The molecule has 0 spiro atoms. The Bertz CT molecular complexity index is 454. The maximum atomic E-state index is 12.4. The van der Waals surface area contributed by atoms with Gasteiger partial charge in [-0.3, -0.25) is 9.69 Å². The third-order valence-corrected chi connectivity index (χ3v) is 3.57. The summed E-state index contributed by atoms with van der Waals surface area (Å²) in [5, 5.41) is 0. The Morgan fingerprint density at radius 3 is 2.16 bits per heavy atom. The van der Waals surface area contributed by atoms with Gasteiger partial charge in [-0.15, -0.1) is 12.4 Å². The van der Waals surface area contributed by atoms with Gasteiger partial charge in [0.1, 0.15) is 0 Å². The number of Topliss-reactive ketones (excluding diaryl/α,β-unsaturated/α-hetero) is 1. The van der Waals surface area contributed by atoms with Gasteiger partial charge in [-0.2, -0.15) is 0 Å². The number of carbonyl (C=O) groups is 1. The van der Waals surface area contributed by atoms with Crippen molar-refractivity contribution in [1.29, 1.82) is 0 Å². The van der Waals surface area contributed by atoms with E-state index in [0.29, 0.717) is 6.54 Å². The molecule has 0 bridgehead atoms. The number of nitrogens with zero attached hydrogens (tertiary/aromatic N) is 1. The van der Waals surface area contributed by atoms with E-state index >= 15 is 0 Å². The second-order valence-corrected chi connectivity index (χ2v) is 4.81. The number of halogens is 1. The van der Waals surface area contributed by atoms with Gasteiger partial charge in [-0.1, -0.05) is 19.9 Å². The van der Waals surface area contributed by atoms with Crippen molar-refractivity contribution >= 4 is 23.9 Å². The van der Waals surface area contributed by atoms with Crippen LogP contribution in [-0.2, 0) is 0 Å². The molecule has 0 saturated carbocycles. The van der Waals surface area contributed by atoms with Gasteiger partial charge in [-0.25, -0.2) is 0 Å². The largest absolute Gasteiger partial charge is 0.398 e. The van der Waals surface area contributed by atoms with E-state index in [1.54, 1.807) is 0 Å². The lowest BCUT2D eigenvalue weighted by Crippen LogP contribution is -2.30. The summed E-state index contributed by atoms with van der Waals surface area (Å²) in [6.07, 6.45) is 0. The molecule has 0 radical (unpaired) electrons. The topological polar surface area (TPSA) is 46.3 Å². The molecular formula is C15H25ClN2O. The molecule has 1 aromatic rings. The Morgan fingerprint density at radius 2 is 1.68 bits per heavy atom. The molecule has 2 N–H and O–H groups in total. The van der Waals surface area contributed by atoms with Gasteiger partial charge in [0, 0.05) is 11.3 Å². The minimum atomic E-state index is 0. The van der Waals surface area contributed by atoms with Gasteiger partial charge in [0.25, 0.3) is 0 Å². The molecule has 0 aliphatic rings. The first-order chi connectivity index (χ1) is 8.42. The van der Waals surface area contributed by atoms with Crippen LogP contribution in [0.2, 0.25) is 0 Å². The Morgan fingerprint density at radius 1 is 1.16 bits per heavy atom. The normalized spacial score (nSPS) is 10.4. The minimum Gasteiger partial charge on any atom is -0.398 e. The summed E-state index contributed by atoms with van der Waals surface area (Å²) in [5.74, 6) is 0.167. The standard InChI is InChI=1S/C15H24N2O.ClH/c1-6-17(7-2)9-13(18)14-10(3)8-11(4)15(16)12(14)5;/h8H,6-7,9,16H2,1-5H3;1H. The Labute approximate surface area is 122 Å². The summed E-state index contributed by atoms with van der Waals surface area (Å²) < 4.78 is 0. The summed E-state index contributed by atoms with van der Waals surface area (Å²) in [5.41, 5.74) is 10.5. The average molecular weight is 285 g/mol. The quantitative estimate of drug-likeness (QED) is 0.667. The third-order valence-electron chi connectivity index (χ3n) is 3.57. The number of likely N-dealkylation sites (N-methyl/N-ethyl adjacent to an activating group) is 1. The van der Waals surface area contributed by atoms with Gasteiger partial charge < -0.3 is 5.73 Å². The maximum absolute atomic E-state index is 12.4. The second-order valence-electron chi connectivity index (χ2n) is 4.81. The van der Waals surface area contributed by atoms with Crippen molar-refractivity contribution in [2.45, 2.75) is 34.6 Å². The lowest BCUT2D eigenvalue weighted by atomic mass is 9.94. The molecule has 0 aromatic heterocycles. The number of carbonyl (C=O) groups excluding carboxylic acids is 1. The molecule has 4 heteroatoms. The van der Waals surface area contributed by atoms with Gasteiger partial charge >= 0.3 is 0 Å². The monoisotopic (exact) mass is 284 g/mol. The van der Waals surface area contributed by atoms with E-state index in [4.69, 9.17) is 5.73 Å². The first-order valence-electron chi connectivity index (χ1n) is 6.54. The van der Waals surface area contributed by atoms with Crippen molar-refractivity contribution < 1.29 is 4.79 Å². The van der Waals surface area contributed by atoms with Crippen LogP contribution in [-0.4, -0.2) is 30.3 Å². The van der Waals surface area contributed by atoms with Crippen LogP contribution >= 0.6 is 12.4 Å². The van der Waals surface area contributed by atoms with Crippen molar-refractivity contribution in [3.05, 3.63) is 28.3 Å². The molecule has 108 valence electrons. The number of anilines is 1. The molecule has 0 unspecified atom stereocenters. The van der Waals surface area contributed by atoms with Crippen molar-refractivity contribution in [2.75, 3.05) is 25.4 Å². The molecule has 0 atom stereocenters. The van der Waals surface area contributed by atoms with Crippen LogP contribution in [0.5, 0.6) is 0 Å². The van der Waals surface area contributed by atoms with Gasteiger partial charge in [0.15, 0.2) is 5.78 Å². The third kappa shape index (κ3) is 3.95. The van der Waals surface area contributed by atoms with Crippen molar-refractivity contribution in [1.82, 2.24) is 4.90 Å². The SMILES string of the molecule is CCN(CC)CC(=O)c1c(C)cc(C)c(N)c1C.Cl. The van der Waals surface area contributed by atoms with Gasteiger partial charge in [-0.05, 0) is 50.6 Å². The fourth-order valence-corrected chi connectivity index (χ4v) is 2.36. The van der Waals surface area contributed by atoms with Crippen LogP contribution in [0, 0.1) is 20.8 Å². The first kappa shape index (κ1) is 17.9. The number of nitrogens with two attached hydrogens (primary N) is 1. The summed E-state index contributed by atoms with van der Waals surface area (Å²) >= 11 is 0. The molecule has 3 nitrogen and oxygen atoms in total. The van der Waals surface area contributed by atoms with Crippen LogP contribution < -0.4 is 5.73 Å². The predicted molar refractivity (Wildman–Crippen MR) is 84.4 cm³/mol. The smallest absolute Gasteiger partial charge is 0.177 e. The predicted octanol–water partition coefficient (Wildman–Crippen LogP) is 3.14. The zero-order valence-electron chi connectivity index (χ0n) is 12.5. The molecule has 0 aliphatic heterocycles. The van der Waals surface area contributed by atoms with Gasteiger partial charge in [0.2, 0.25) is 0 Å². The summed E-state index contributed by atoms with van der Waals surface area (Å²) in [6.45, 7) is 12.3. The fourth-order valence-electron chi connectivity index (χ4n) is 2.36. The molecule has 0 heterocycles. The van der Waals surface area contributed by atoms with E-state index < -0.39 is 0 Å². The summed E-state index contributed by atoms with van der Waals surface area (Å²) in [4.78, 5) is 14.5. The molecule has 1 aromatic carbocycles. The molecular weight excluding hydrogens is 260 g/mol. The number of hydrogen-bond donors (Lipinski definition) is 1. The second kappa shape index (κ2) is 7.51. The number of aryl methyl sites for hydroxylation is 2. The van der Waals surface area contributed by atoms with E-state index in [1.807, 2.05) is 26.8 Å². The van der Waals surface area contributed by atoms with Crippen LogP contribution in [0.25, 0.3) is 0 Å². The number of benzene rings is 1. The zero-order valence-corrected chi connectivity index (χ0v) is 13.4. The van der Waals surface area contributed by atoms with Crippen LogP contribution in [0.4, 0.5) is 5.69 Å². The van der Waals surface area contributed by atoms with E-state index in [1.165, 1.54) is 0 Å². The lowest BCUT2D eigenvalue weighted by Gasteiger charge is -2.19. The lowest BCUT2D eigenvalue weighted by molar-refractivity contribution is 0.0936. The van der Waals surface area contributed by atoms with Crippen molar-refractivity contribution in [3.8, 4) is 0 Å². The first-order valence-corrected chi connectivity index (χ1v) is 6.54. The van der Waals surface area contributed by atoms with Crippen molar-refractivity contribution in [3.63, 3.8) is 0 Å². The average Bonchev–Trinajstić information content (AvgIpc) is 2.33. The van der Waals surface area contributed by atoms with Crippen molar-refractivity contribution in [2.24, 2.45) is 0 Å². The highest BCUT2D eigenvalue weighted by atomic mass is 35.5. The number of hydrogen-bond acceptors (Lipinski definition) is 3. The van der Waals surface area contributed by atoms with Gasteiger partial charge in [0.05, 0.1) is 6.54 Å². The maximum Gasteiger partial charge on any atom is 0.177 e. The minimum absolute atomic E-state index is 0. The Hall–Kier alpha value is -1.06. The number of ketones is 1. The van der Waals surface area contributed by atoms with E-state index in [0.717, 1.165) is 41.0 Å². The van der Waals surface area contributed by atoms with E-state index in [9.17, 15) is 4.79 Å². The zero-order chi connectivity index (χ0) is 13.9. The summed E-state index contributed by atoms with van der Waals surface area (Å²) in [6, 6.07) is 2.00. The van der Waals surface area contributed by atoms with Crippen LogP contribution in [0.15, 0.2) is 6.07 Å². The fraction of sp³-hybridized carbons (Fsp3) is 0.533. The molecule has 0 saturated heterocycles. The Kier molecular flexibility index (Phi) is 7.09. The van der Waals surface area contributed by atoms with Crippen LogP contribution in [0.3, 0.4) is 0 Å². The summed E-state index contributed by atoms with van der Waals surface area (Å²) in [7, 11) is 0. The number of rotatable bonds is 5. The highest BCUT2D eigenvalue weighted by Gasteiger charge is 2.17. The highest BCUT2D eigenvalue weighted by molar-refractivity contribution is 6.01. The van der Waals surface area contributed by atoms with E-state index in [2.05, 4.69) is 18.7 Å². The van der Waals surface area contributed by atoms with Crippen LogP contribution in [0.1, 0.15) is 40.9 Å². The molecule has 19 heavy (non-hydrogen) atoms. The molecule has 0 amide bonds. The Balaban J connectivity index is 0.00000324. The molecule has 0 fully saturated rings. The van der Waals surface area contributed by atoms with E-state index in [-0.39, 0.29) is 18.2 Å².